The number of rotatable bonds is 9. The van der Waals surface area contributed by atoms with E-state index in [0.717, 1.165) is 45.3 Å². The lowest BCUT2D eigenvalue weighted by molar-refractivity contribution is 0.121. The fourth-order valence-electron chi connectivity index (χ4n) is 2.68. The van der Waals surface area contributed by atoms with Crippen molar-refractivity contribution in [1.29, 1.82) is 0 Å². The molecule has 6 nitrogen and oxygen atoms in total. The van der Waals surface area contributed by atoms with Gasteiger partial charge in [0.2, 0.25) is 0 Å². The second-order valence-electron chi connectivity index (χ2n) is 6.00. The number of guanidine groups is 1. The molecule has 22 heavy (non-hydrogen) atoms. The van der Waals surface area contributed by atoms with E-state index in [1.165, 1.54) is 12.8 Å². The first-order valence-corrected chi connectivity index (χ1v) is 8.44. The van der Waals surface area contributed by atoms with Crippen molar-refractivity contribution < 1.29 is 9.47 Å². The quantitative estimate of drug-likeness (QED) is 0.490. The third kappa shape index (κ3) is 7.96. The van der Waals surface area contributed by atoms with Crippen LogP contribution >= 0.6 is 0 Å². The molecule has 1 atom stereocenters. The van der Waals surface area contributed by atoms with Crippen molar-refractivity contribution in [3.8, 4) is 0 Å². The van der Waals surface area contributed by atoms with Crippen molar-refractivity contribution >= 4 is 5.96 Å². The highest BCUT2D eigenvalue weighted by Gasteiger charge is 2.18. The molecular weight excluding hydrogens is 280 g/mol. The van der Waals surface area contributed by atoms with Crippen molar-refractivity contribution in [3.63, 3.8) is 0 Å². The standard InChI is InChI=1S/C16H34N4O2/c1-5-17-16(19-14(2)13-22-4)18-12-15-6-8-20(9-7-15)10-11-21-3/h14-15H,5-13H2,1-4H3,(H2,17,18,19). The lowest BCUT2D eigenvalue weighted by atomic mass is 9.97. The number of nitrogens with zero attached hydrogens (tertiary/aromatic N) is 2. The summed E-state index contributed by atoms with van der Waals surface area (Å²) < 4.78 is 10.3. The molecule has 1 rings (SSSR count). The van der Waals surface area contributed by atoms with E-state index in [1.807, 2.05) is 0 Å². The fraction of sp³-hybridized carbons (Fsp3) is 0.938. The van der Waals surface area contributed by atoms with E-state index in [2.05, 4.69) is 29.4 Å². The number of piperidine rings is 1. The highest BCUT2D eigenvalue weighted by atomic mass is 16.5. The van der Waals surface area contributed by atoms with Gasteiger partial charge in [0.05, 0.1) is 13.2 Å². The van der Waals surface area contributed by atoms with E-state index in [4.69, 9.17) is 14.5 Å². The van der Waals surface area contributed by atoms with Crippen LogP contribution in [-0.4, -0.2) is 77.1 Å². The number of ether oxygens (including phenoxy) is 2. The Hall–Kier alpha value is -0.850. The summed E-state index contributed by atoms with van der Waals surface area (Å²) in [5.41, 5.74) is 0. The maximum absolute atomic E-state index is 5.16. The van der Waals surface area contributed by atoms with Crippen LogP contribution in [0.2, 0.25) is 0 Å². The second kappa shape index (κ2) is 11.7. The summed E-state index contributed by atoms with van der Waals surface area (Å²) >= 11 is 0. The third-order valence-electron chi connectivity index (χ3n) is 3.97. The Kier molecular flexibility index (Phi) is 10.2. The van der Waals surface area contributed by atoms with Crippen molar-refractivity contribution in [2.45, 2.75) is 32.7 Å². The molecule has 1 heterocycles. The second-order valence-corrected chi connectivity index (χ2v) is 6.00. The van der Waals surface area contributed by atoms with Crippen LogP contribution in [0.3, 0.4) is 0 Å². The zero-order valence-corrected chi connectivity index (χ0v) is 14.7. The van der Waals surface area contributed by atoms with Crippen LogP contribution in [0.4, 0.5) is 0 Å². The van der Waals surface area contributed by atoms with E-state index < -0.39 is 0 Å². The molecule has 0 amide bonds. The maximum Gasteiger partial charge on any atom is 0.191 e. The Morgan fingerprint density at radius 3 is 2.59 bits per heavy atom. The molecule has 0 aromatic carbocycles. The Balaban J connectivity index is 2.34. The van der Waals surface area contributed by atoms with Gasteiger partial charge in [-0.05, 0) is 45.7 Å². The molecule has 0 radical (unpaired) electrons. The van der Waals surface area contributed by atoms with E-state index in [-0.39, 0.29) is 6.04 Å². The summed E-state index contributed by atoms with van der Waals surface area (Å²) in [5.74, 6) is 1.58. The number of likely N-dealkylation sites (tertiary alicyclic amines) is 1. The van der Waals surface area contributed by atoms with Gasteiger partial charge in [0.25, 0.3) is 0 Å². The largest absolute Gasteiger partial charge is 0.383 e. The van der Waals surface area contributed by atoms with Gasteiger partial charge in [0.15, 0.2) is 5.96 Å². The van der Waals surface area contributed by atoms with E-state index in [1.54, 1.807) is 14.2 Å². The van der Waals surface area contributed by atoms with Crippen molar-refractivity contribution in [1.82, 2.24) is 15.5 Å². The lowest BCUT2D eigenvalue weighted by Crippen LogP contribution is -2.44. The summed E-state index contributed by atoms with van der Waals surface area (Å²) in [6.45, 7) is 10.8. The van der Waals surface area contributed by atoms with Gasteiger partial charge in [0, 0.05) is 39.9 Å². The number of hydrogen-bond donors (Lipinski definition) is 2. The Morgan fingerprint density at radius 2 is 2.00 bits per heavy atom. The van der Waals surface area contributed by atoms with E-state index >= 15 is 0 Å². The molecule has 0 saturated carbocycles. The molecule has 1 saturated heterocycles. The summed E-state index contributed by atoms with van der Waals surface area (Å²) in [6, 6.07) is 0.263. The van der Waals surface area contributed by atoms with Crippen LogP contribution in [0.15, 0.2) is 4.99 Å². The minimum Gasteiger partial charge on any atom is -0.383 e. The summed E-state index contributed by atoms with van der Waals surface area (Å²) in [7, 11) is 3.49. The number of hydrogen-bond acceptors (Lipinski definition) is 4. The van der Waals surface area contributed by atoms with Gasteiger partial charge in [-0.1, -0.05) is 0 Å². The first kappa shape index (κ1) is 19.2. The minimum absolute atomic E-state index is 0.263. The summed E-state index contributed by atoms with van der Waals surface area (Å²) in [4.78, 5) is 7.22. The Bertz CT molecular complexity index is 305. The molecule has 2 N–H and O–H groups in total. The average Bonchev–Trinajstić information content (AvgIpc) is 2.52. The predicted molar refractivity (Wildman–Crippen MR) is 91.5 cm³/mol. The molecule has 0 spiro atoms. The van der Waals surface area contributed by atoms with Crippen LogP contribution in [0.25, 0.3) is 0 Å². The topological polar surface area (TPSA) is 58.1 Å². The average molecular weight is 314 g/mol. The Labute approximate surface area is 135 Å². The fourth-order valence-corrected chi connectivity index (χ4v) is 2.68. The van der Waals surface area contributed by atoms with E-state index in [0.29, 0.717) is 12.5 Å². The number of methoxy groups -OCH3 is 2. The molecule has 0 aromatic heterocycles. The number of nitrogens with one attached hydrogen (secondary N) is 2. The van der Waals surface area contributed by atoms with Gasteiger partial charge < -0.3 is 25.0 Å². The van der Waals surface area contributed by atoms with Crippen LogP contribution in [-0.2, 0) is 9.47 Å². The van der Waals surface area contributed by atoms with Crippen LogP contribution < -0.4 is 10.6 Å². The lowest BCUT2D eigenvalue weighted by Gasteiger charge is -2.31. The molecule has 1 aliphatic heterocycles. The maximum atomic E-state index is 5.16. The van der Waals surface area contributed by atoms with Gasteiger partial charge in [-0.15, -0.1) is 0 Å². The molecule has 130 valence electrons. The highest BCUT2D eigenvalue weighted by Crippen LogP contribution is 2.17. The van der Waals surface area contributed by atoms with Crippen LogP contribution in [0.5, 0.6) is 0 Å². The van der Waals surface area contributed by atoms with Crippen LogP contribution in [0.1, 0.15) is 26.7 Å². The predicted octanol–water partition coefficient (Wildman–Crippen LogP) is 0.935. The molecular formula is C16H34N4O2. The first-order valence-electron chi connectivity index (χ1n) is 8.44. The van der Waals surface area contributed by atoms with Crippen molar-refractivity contribution in [2.75, 3.05) is 60.2 Å². The van der Waals surface area contributed by atoms with Crippen molar-refractivity contribution in [2.24, 2.45) is 10.9 Å². The Morgan fingerprint density at radius 1 is 1.27 bits per heavy atom. The highest BCUT2D eigenvalue weighted by molar-refractivity contribution is 5.80. The van der Waals surface area contributed by atoms with Gasteiger partial charge in [-0.3, -0.25) is 4.99 Å². The zero-order chi connectivity index (χ0) is 16.2. The van der Waals surface area contributed by atoms with Gasteiger partial charge >= 0.3 is 0 Å². The van der Waals surface area contributed by atoms with Crippen molar-refractivity contribution in [3.05, 3.63) is 0 Å². The smallest absolute Gasteiger partial charge is 0.191 e. The third-order valence-corrected chi connectivity index (χ3v) is 3.97. The molecule has 6 heteroatoms. The number of aliphatic imine (C=N–C) groups is 1. The van der Waals surface area contributed by atoms with Gasteiger partial charge in [-0.25, -0.2) is 0 Å². The van der Waals surface area contributed by atoms with Gasteiger partial charge in [0.1, 0.15) is 0 Å². The SMILES string of the molecule is CCNC(=NCC1CCN(CCOC)CC1)NC(C)COC. The van der Waals surface area contributed by atoms with Crippen LogP contribution in [0, 0.1) is 5.92 Å². The molecule has 0 aliphatic carbocycles. The monoisotopic (exact) mass is 314 g/mol. The first-order chi connectivity index (χ1) is 10.7. The molecule has 1 aliphatic rings. The molecule has 0 aromatic rings. The molecule has 1 fully saturated rings. The zero-order valence-electron chi connectivity index (χ0n) is 14.7. The summed E-state index contributed by atoms with van der Waals surface area (Å²) in [5, 5.41) is 6.69. The summed E-state index contributed by atoms with van der Waals surface area (Å²) in [6.07, 6.45) is 2.44. The van der Waals surface area contributed by atoms with E-state index in [9.17, 15) is 0 Å². The normalized spacial score (nSPS) is 19.2. The molecule has 1 unspecified atom stereocenters. The van der Waals surface area contributed by atoms with Gasteiger partial charge in [-0.2, -0.15) is 0 Å². The molecule has 0 bridgehead atoms. The minimum atomic E-state index is 0.263.